The van der Waals surface area contributed by atoms with Crippen LogP contribution >= 0.6 is 11.6 Å². The number of anilines is 1. The largest absolute Gasteiger partial charge is 0.378 e. The minimum absolute atomic E-state index is 0.0703. The third kappa shape index (κ3) is 3.49. The highest BCUT2D eigenvalue weighted by atomic mass is 35.5. The molecule has 0 radical (unpaired) electrons. The summed E-state index contributed by atoms with van der Waals surface area (Å²) in [5, 5.41) is 4.92. The van der Waals surface area contributed by atoms with Crippen LogP contribution in [0.5, 0.6) is 0 Å². The summed E-state index contributed by atoms with van der Waals surface area (Å²) < 4.78 is 5.28. The molecule has 2 rings (SSSR count). The van der Waals surface area contributed by atoms with E-state index in [4.69, 9.17) is 16.3 Å². The number of Topliss-reactive ketones (excluding diaryl/α,β-unsaturated/α-hetero) is 1. The number of nitrogens with one attached hydrogen (secondary N) is 1. The van der Waals surface area contributed by atoms with Crippen LogP contribution in [0, 0.1) is 6.92 Å². The summed E-state index contributed by atoms with van der Waals surface area (Å²) in [5.41, 5.74) is 4.63. The highest BCUT2D eigenvalue weighted by Crippen LogP contribution is 2.22. The molecule has 0 aliphatic carbocycles. The fourth-order valence-corrected chi connectivity index (χ4v) is 2.16. The Labute approximate surface area is 123 Å². The molecule has 108 valence electrons. The highest BCUT2D eigenvalue weighted by Gasteiger charge is 2.19. The summed E-state index contributed by atoms with van der Waals surface area (Å²) in [6.45, 7) is 6.00. The van der Waals surface area contributed by atoms with Gasteiger partial charge in [-0.3, -0.25) is 10.2 Å². The van der Waals surface area contributed by atoms with Crippen LogP contribution in [0.1, 0.15) is 12.5 Å². The number of rotatable bonds is 3. The van der Waals surface area contributed by atoms with Gasteiger partial charge in [0.25, 0.3) is 0 Å². The second kappa shape index (κ2) is 6.72. The summed E-state index contributed by atoms with van der Waals surface area (Å²) in [4.78, 5) is 13.7. The van der Waals surface area contributed by atoms with Gasteiger partial charge in [-0.2, -0.15) is 5.10 Å². The molecule has 1 N–H and O–H groups in total. The molecule has 0 spiro atoms. The molecule has 1 fully saturated rings. The van der Waals surface area contributed by atoms with Gasteiger partial charge in [-0.05, 0) is 24.6 Å². The fourth-order valence-electron chi connectivity index (χ4n) is 1.99. The Morgan fingerprint density at radius 1 is 1.40 bits per heavy atom. The number of hydrazone groups is 1. The first-order chi connectivity index (χ1) is 9.59. The Kier molecular flexibility index (Phi) is 4.98. The number of nitrogens with zero attached hydrogens (tertiary/aromatic N) is 2. The summed E-state index contributed by atoms with van der Waals surface area (Å²) >= 11 is 6.06. The molecule has 0 aromatic heterocycles. The van der Waals surface area contributed by atoms with Gasteiger partial charge in [0.1, 0.15) is 0 Å². The lowest BCUT2D eigenvalue weighted by Gasteiger charge is -2.28. The lowest BCUT2D eigenvalue weighted by molar-refractivity contribution is -0.112. The van der Waals surface area contributed by atoms with Gasteiger partial charge < -0.3 is 9.64 Å². The predicted molar refractivity (Wildman–Crippen MR) is 80.3 cm³/mol. The van der Waals surface area contributed by atoms with Crippen molar-refractivity contribution in [2.24, 2.45) is 5.10 Å². The van der Waals surface area contributed by atoms with E-state index >= 15 is 0 Å². The fraction of sp³-hybridized carbons (Fsp3) is 0.429. The maximum atomic E-state index is 11.7. The number of ether oxygens (including phenoxy) is 1. The third-order valence-electron chi connectivity index (χ3n) is 3.18. The molecule has 0 bridgehead atoms. The van der Waals surface area contributed by atoms with Crippen LogP contribution in [0.4, 0.5) is 5.69 Å². The van der Waals surface area contributed by atoms with E-state index in [1.165, 1.54) is 6.92 Å². The molecule has 1 heterocycles. The number of hydrogen-bond acceptors (Lipinski definition) is 4. The molecule has 1 aromatic rings. The molecule has 0 saturated carbocycles. The number of carbonyl (C=O) groups excluding carboxylic acids is 1. The van der Waals surface area contributed by atoms with E-state index in [9.17, 15) is 4.79 Å². The van der Waals surface area contributed by atoms with E-state index in [0.29, 0.717) is 37.2 Å². The quantitative estimate of drug-likeness (QED) is 0.528. The number of carbonyl (C=O) groups is 1. The maximum Gasteiger partial charge on any atom is 0.196 e. The summed E-state index contributed by atoms with van der Waals surface area (Å²) in [6, 6.07) is 5.54. The van der Waals surface area contributed by atoms with Crippen molar-refractivity contribution in [2.75, 3.05) is 31.7 Å². The van der Waals surface area contributed by atoms with E-state index in [-0.39, 0.29) is 5.78 Å². The summed E-state index contributed by atoms with van der Waals surface area (Å²) in [5.74, 6) is 0.353. The summed E-state index contributed by atoms with van der Waals surface area (Å²) in [7, 11) is 0. The molecule has 20 heavy (non-hydrogen) atoms. The van der Waals surface area contributed by atoms with Crippen molar-refractivity contribution in [2.45, 2.75) is 13.8 Å². The monoisotopic (exact) mass is 295 g/mol. The van der Waals surface area contributed by atoms with Crippen molar-refractivity contribution < 1.29 is 9.53 Å². The molecule has 6 heteroatoms. The van der Waals surface area contributed by atoms with Gasteiger partial charge in [0, 0.05) is 25.0 Å². The molecule has 1 aliphatic heterocycles. The first-order valence-corrected chi connectivity index (χ1v) is 6.90. The van der Waals surface area contributed by atoms with Gasteiger partial charge in [0.15, 0.2) is 11.6 Å². The first kappa shape index (κ1) is 14.8. The van der Waals surface area contributed by atoms with Crippen molar-refractivity contribution >= 4 is 28.9 Å². The average molecular weight is 296 g/mol. The standard InChI is InChI=1S/C14H18ClN3O2/c1-10-12(15)4-3-5-13(10)16-17-14(11(2)19)18-6-8-20-9-7-18/h3-5,16H,6-9H2,1-2H3. The molecular weight excluding hydrogens is 278 g/mol. The second-order valence-corrected chi connectivity index (χ2v) is 5.02. The minimum Gasteiger partial charge on any atom is -0.378 e. The van der Waals surface area contributed by atoms with Crippen molar-refractivity contribution in [1.29, 1.82) is 0 Å². The SMILES string of the molecule is CC(=O)C(=NNc1cccc(Cl)c1C)N1CCOCC1. The van der Waals surface area contributed by atoms with Crippen LogP contribution in [0.15, 0.2) is 23.3 Å². The number of benzene rings is 1. The van der Waals surface area contributed by atoms with E-state index in [2.05, 4.69) is 10.5 Å². The van der Waals surface area contributed by atoms with Crippen LogP contribution in [0.3, 0.4) is 0 Å². The highest BCUT2D eigenvalue weighted by molar-refractivity contribution is 6.38. The molecule has 0 unspecified atom stereocenters. The normalized spacial score (nSPS) is 16.1. The number of amidine groups is 1. The van der Waals surface area contributed by atoms with Gasteiger partial charge >= 0.3 is 0 Å². The van der Waals surface area contributed by atoms with Crippen molar-refractivity contribution in [1.82, 2.24) is 4.90 Å². The zero-order valence-electron chi connectivity index (χ0n) is 11.6. The van der Waals surface area contributed by atoms with Gasteiger partial charge in [-0.15, -0.1) is 0 Å². The van der Waals surface area contributed by atoms with Crippen LogP contribution in [0.2, 0.25) is 5.02 Å². The van der Waals surface area contributed by atoms with Crippen LogP contribution < -0.4 is 5.43 Å². The van der Waals surface area contributed by atoms with Gasteiger partial charge in [0.05, 0.1) is 18.9 Å². The number of hydrogen-bond donors (Lipinski definition) is 1. The van der Waals surface area contributed by atoms with Gasteiger partial charge in [0.2, 0.25) is 0 Å². The molecule has 1 saturated heterocycles. The Morgan fingerprint density at radius 2 is 2.10 bits per heavy atom. The van der Waals surface area contributed by atoms with E-state index in [1.54, 1.807) is 0 Å². The number of halogens is 1. The third-order valence-corrected chi connectivity index (χ3v) is 3.58. The topological polar surface area (TPSA) is 53.9 Å². The van der Waals surface area contributed by atoms with Crippen molar-refractivity contribution in [3.05, 3.63) is 28.8 Å². The Bertz CT molecular complexity index is 525. The zero-order chi connectivity index (χ0) is 14.5. The molecule has 1 aromatic carbocycles. The van der Waals surface area contributed by atoms with E-state index in [0.717, 1.165) is 11.3 Å². The van der Waals surface area contributed by atoms with Crippen LogP contribution in [0.25, 0.3) is 0 Å². The van der Waals surface area contributed by atoms with E-state index in [1.807, 2.05) is 30.0 Å². The van der Waals surface area contributed by atoms with Gasteiger partial charge in [-0.1, -0.05) is 17.7 Å². The minimum atomic E-state index is -0.0703. The molecule has 1 aliphatic rings. The lowest BCUT2D eigenvalue weighted by atomic mass is 10.2. The molecule has 0 amide bonds. The van der Waals surface area contributed by atoms with Crippen LogP contribution in [-0.2, 0) is 9.53 Å². The smallest absolute Gasteiger partial charge is 0.196 e. The second-order valence-electron chi connectivity index (χ2n) is 4.62. The Hall–Kier alpha value is -1.59. The van der Waals surface area contributed by atoms with E-state index < -0.39 is 0 Å². The Morgan fingerprint density at radius 3 is 2.75 bits per heavy atom. The predicted octanol–water partition coefficient (Wildman–Crippen LogP) is 2.30. The summed E-state index contributed by atoms with van der Waals surface area (Å²) in [6.07, 6.45) is 0. The van der Waals surface area contributed by atoms with Crippen molar-refractivity contribution in [3.63, 3.8) is 0 Å². The van der Waals surface area contributed by atoms with Gasteiger partial charge in [-0.25, -0.2) is 0 Å². The number of ketones is 1. The zero-order valence-corrected chi connectivity index (χ0v) is 12.4. The first-order valence-electron chi connectivity index (χ1n) is 6.52. The molecule has 5 nitrogen and oxygen atoms in total. The number of morpholine rings is 1. The molecular formula is C14H18ClN3O2. The van der Waals surface area contributed by atoms with Crippen LogP contribution in [-0.4, -0.2) is 42.8 Å². The Balaban J connectivity index is 2.17. The maximum absolute atomic E-state index is 11.7. The van der Waals surface area contributed by atoms with Crippen molar-refractivity contribution in [3.8, 4) is 0 Å². The average Bonchev–Trinajstić information content (AvgIpc) is 2.44. The lowest BCUT2D eigenvalue weighted by Crippen LogP contribution is -2.44. The molecule has 0 atom stereocenters.